The third kappa shape index (κ3) is 6.63. The van der Waals surface area contributed by atoms with Crippen molar-refractivity contribution >= 4 is 28.2 Å². The number of carbonyl (C=O) groups is 2. The third-order valence-corrected chi connectivity index (χ3v) is 3.90. The zero-order chi connectivity index (χ0) is 17.0. The minimum Gasteiger partial charge on any atom is -0.543 e. The molecule has 8 nitrogen and oxygen atoms in total. The molecule has 0 N–H and O–H groups in total. The summed E-state index contributed by atoms with van der Waals surface area (Å²) in [4.78, 5) is 24.8. The molecule has 0 spiro atoms. The maximum absolute atomic E-state index is 12.0. The van der Waals surface area contributed by atoms with Gasteiger partial charge in [0.15, 0.2) is 0 Å². The van der Waals surface area contributed by atoms with E-state index >= 15 is 0 Å². The number of carboxylic acid groups (broad SMARTS) is 2. The second-order valence-corrected chi connectivity index (χ2v) is 5.90. The van der Waals surface area contributed by atoms with E-state index in [0.29, 0.717) is 0 Å². The van der Waals surface area contributed by atoms with Crippen molar-refractivity contribution in [1.29, 1.82) is 0 Å². The van der Waals surface area contributed by atoms with Gasteiger partial charge >= 0.3 is 59.1 Å². The predicted octanol–water partition coefficient (Wildman–Crippen LogP) is -7.38. The van der Waals surface area contributed by atoms with E-state index in [0.717, 1.165) is 18.3 Å². The van der Waals surface area contributed by atoms with Crippen molar-refractivity contribution in [2.45, 2.75) is 4.90 Å². The summed E-state index contributed by atoms with van der Waals surface area (Å²) < 4.78 is 27.3. The number of pyridine rings is 1. The predicted molar refractivity (Wildman–Crippen MR) is 74.1 cm³/mol. The normalized spacial score (nSPS) is 10.6. The van der Waals surface area contributed by atoms with Crippen LogP contribution in [0, 0.1) is 0 Å². The summed E-state index contributed by atoms with van der Waals surface area (Å²) >= 11 is 0. The fourth-order valence-electron chi connectivity index (χ4n) is 1.62. The summed E-state index contributed by atoms with van der Waals surface area (Å²) in [7, 11) is -4.00. The Morgan fingerprint density at radius 3 is 1.88 bits per heavy atom. The molecule has 2 aromatic rings. The molecule has 11 heteroatoms. The van der Waals surface area contributed by atoms with Crippen LogP contribution in [0.25, 0.3) is 0 Å². The van der Waals surface area contributed by atoms with Gasteiger partial charge in [-0.1, -0.05) is 18.2 Å². The molecule has 1 heterocycles. The first-order valence-corrected chi connectivity index (χ1v) is 7.54. The van der Waals surface area contributed by atoms with E-state index in [9.17, 15) is 28.2 Å². The van der Waals surface area contributed by atoms with Crippen LogP contribution in [0.4, 0.5) is 0 Å². The topological polar surface area (TPSA) is 140 Å². The van der Waals surface area contributed by atoms with Crippen molar-refractivity contribution in [3.8, 4) is 0 Å². The molecular formula is C14H8N2Na2O6S. The number of rotatable bonds is 5. The number of carboxylic acids is 2. The van der Waals surface area contributed by atoms with Crippen molar-refractivity contribution in [1.82, 2.24) is 4.98 Å². The summed E-state index contributed by atoms with van der Waals surface area (Å²) in [6, 6.07) is 9.19. The van der Waals surface area contributed by atoms with Crippen molar-refractivity contribution in [2.75, 3.05) is 0 Å². The van der Waals surface area contributed by atoms with Crippen LogP contribution in [0.15, 0.2) is 51.8 Å². The molecule has 0 bridgehead atoms. The van der Waals surface area contributed by atoms with Gasteiger partial charge in [-0.2, -0.15) is 12.8 Å². The third-order valence-electron chi connectivity index (χ3n) is 2.65. The number of benzene rings is 1. The molecule has 1 aromatic heterocycles. The summed E-state index contributed by atoms with van der Waals surface area (Å²) in [5.74, 6) is -3.43. The molecule has 0 amide bonds. The minimum absolute atomic E-state index is 0. The molecule has 0 unspecified atom stereocenters. The van der Waals surface area contributed by atoms with E-state index in [1.54, 1.807) is 6.07 Å². The van der Waals surface area contributed by atoms with Crippen molar-refractivity contribution in [2.24, 2.45) is 4.40 Å². The molecule has 118 valence electrons. The standard InChI is InChI=1S/C14H10N2O6S.2Na/c17-13(18)11-6-9(7-12(16-11)14(19)20)8-15-23(21,22)10-4-2-1-3-5-10;;/h1-8H,(H,17,18)(H,19,20);;/q;2*+1/p-2. The summed E-state index contributed by atoms with van der Waals surface area (Å²) in [6.07, 6.45) is 0.822. The number of aromatic nitrogens is 1. The molecule has 0 aliphatic carbocycles. The zero-order valence-electron chi connectivity index (χ0n) is 13.4. The van der Waals surface area contributed by atoms with Gasteiger partial charge in [0.2, 0.25) is 0 Å². The van der Waals surface area contributed by atoms with E-state index in [-0.39, 0.29) is 69.6 Å². The van der Waals surface area contributed by atoms with E-state index in [2.05, 4.69) is 9.38 Å². The van der Waals surface area contributed by atoms with Crippen LogP contribution < -0.4 is 69.3 Å². The van der Waals surface area contributed by atoms with Crippen LogP contribution in [-0.2, 0) is 10.0 Å². The Bertz CT molecular complexity index is 869. The van der Waals surface area contributed by atoms with Crippen LogP contribution in [0.3, 0.4) is 0 Å². The largest absolute Gasteiger partial charge is 1.00 e. The molecule has 0 fully saturated rings. The first kappa shape index (κ1) is 23.9. The summed E-state index contributed by atoms with van der Waals surface area (Å²) in [5, 5.41) is 21.6. The number of hydrogen-bond acceptors (Lipinski definition) is 7. The molecular weight excluding hydrogens is 370 g/mol. The Morgan fingerprint density at radius 2 is 1.44 bits per heavy atom. The number of nitrogens with zero attached hydrogens (tertiary/aromatic N) is 2. The average Bonchev–Trinajstić information content (AvgIpc) is 2.53. The molecule has 0 saturated heterocycles. The Balaban J connectivity index is 0.00000288. The molecule has 0 radical (unpaired) electrons. The maximum atomic E-state index is 12.0. The monoisotopic (exact) mass is 378 g/mol. The van der Waals surface area contributed by atoms with Gasteiger partial charge < -0.3 is 19.8 Å². The number of aromatic carboxylic acids is 2. The fraction of sp³-hybridized carbons (Fsp3) is 0. The van der Waals surface area contributed by atoms with Gasteiger partial charge in [-0.15, -0.1) is 0 Å². The Morgan fingerprint density at radius 1 is 0.960 bits per heavy atom. The van der Waals surface area contributed by atoms with Gasteiger partial charge in [0.1, 0.15) is 0 Å². The summed E-state index contributed by atoms with van der Waals surface area (Å²) in [6.45, 7) is 0. The van der Waals surface area contributed by atoms with Gasteiger partial charge in [0, 0.05) is 6.21 Å². The number of sulfonamides is 1. The van der Waals surface area contributed by atoms with Gasteiger partial charge in [0.05, 0.1) is 28.2 Å². The molecule has 0 saturated carbocycles. The van der Waals surface area contributed by atoms with Gasteiger partial charge in [-0.05, 0) is 29.8 Å². The molecule has 25 heavy (non-hydrogen) atoms. The molecule has 0 aliphatic rings. The van der Waals surface area contributed by atoms with E-state index in [1.165, 1.54) is 24.3 Å². The molecule has 0 atom stereocenters. The quantitative estimate of drug-likeness (QED) is 0.372. The molecule has 0 aliphatic heterocycles. The minimum atomic E-state index is -4.00. The van der Waals surface area contributed by atoms with Crippen LogP contribution in [0.5, 0.6) is 0 Å². The zero-order valence-corrected chi connectivity index (χ0v) is 18.2. The van der Waals surface area contributed by atoms with Crippen molar-refractivity contribution < 1.29 is 87.3 Å². The van der Waals surface area contributed by atoms with Crippen LogP contribution in [0.1, 0.15) is 26.5 Å². The second-order valence-electron chi connectivity index (χ2n) is 4.27. The SMILES string of the molecule is O=C([O-])c1cc(C=NS(=O)(=O)c2ccccc2)cc(C(=O)[O-])n1.[Na+].[Na+]. The Kier molecular flexibility index (Phi) is 9.73. The van der Waals surface area contributed by atoms with Crippen LogP contribution in [-0.4, -0.2) is 31.6 Å². The number of hydrogen-bond donors (Lipinski definition) is 0. The first-order valence-electron chi connectivity index (χ1n) is 6.10. The smallest absolute Gasteiger partial charge is 0.543 e. The molecule has 1 aromatic carbocycles. The Hall–Kier alpha value is -1.07. The number of carbonyl (C=O) groups excluding carboxylic acids is 2. The van der Waals surface area contributed by atoms with Crippen LogP contribution in [0.2, 0.25) is 0 Å². The second kappa shape index (κ2) is 10.2. The van der Waals surface area contributed by atoms with Gasteiger partial charge in [0.25, 0.3) is 10.0 Å². The van der Waals surface area contributed by atoms with Gasteiger partial charge in [-0.25, -0.2) is 4.98 Å². The van der Waals surface area contributed by atoms with E-state index < -0.39 is 33.3 Å². The van der Waals surface area contributed by atoms with E-state index in [4.69, 9.17) is 0 Å². The fourth-order valence-corrected chi connectivity index (χ4v) is 2.50. The molecule has 2 rings (SSSR count). The van der Waals surface area contributed by atoms with Gasteiger partial charge in [-0.3, -0.25) is 0 Å². The van der Waals surface area contributed by atoms with E-state index in [1.807, 2.05) is 0 Å². The van der Waals surface area contributed by atoms with Crippen LogP contribution >= 0.6 is 0 Å². The van der Waals surface area contributed by atoms with Crippen molar-refractivity contribution in [3.05, 3.63) is 59.4 Å². The average molecular weight is 378 g/mol. The summed E-state index contributed by atoms with van der Waals surface area (Å²) in [5.41, 5.74) is -1.44. The van der Waals surface area contributed by atoms with Crippen molar-refractivity contribution in [3.63, 3.8) is 0 Å². The Labute approximate surface area is 187 Å². The maximum Gasteiger partial charge on any atom is 1.00 e. The first-order chi connectivity index (χ1) is 10.8.